The summed E-state index contributed by atoms with van der Waals surface area (Å²) >= 11 is 0. The van der Waals surface area contributed by atoms with Crippen LogP contribution in [0, 0.1) is 0 Å². The van der Waals surface area contributed by atoms with Gasteiger partial charge in [-0.25, -0.2) is 0 Å². The number of carbonyl (C=O) groups is 1. The molecule has 35 heavy (non-hydrogen) atoms. The highest BCUT2D eigenvalue weighted by atomic mass is 16.5. The molecule has 0 spiro atoms. The van der Waals surface area contributed by atoms with Crippen molar-refractivity contribution in [3.63, 3.8) is 0 Å². The molecule has 0 bridgehead atoms. The average Bonchev–Trinajstić information content (AvgIpc) is 3.67. The van der Waals surface area contributed by atoms with Crippen molar-refractivity contribution >= 4 is 17.4 Å². The quantitative estimate of drug-likeness (QED) is 0.491. The zero-order chi connectivity index (χ0) is 24.2. The minimum atomic E-state index is -0.150. The number of aromatic amines is 1. The third kappa shape index (κ3) is 5.77. The number of amides is 1. The smallest absolute Gasteiger partial charge is 0.256 e. The molecule has 2 fully saturated rings. The molecule has 0 radical (unpaired) electrons. The van der Waals surface area contributed by atoms with E-state index in [9.17, 15) is 4.79 Å². The predicted molar refractivity (Wildman–Crippen MR) is 137 cm³/mol. The standard InChI is InChI=1S/C27H33N5O3/c1-34-24-15-19(16-25(18-24)35-2)3-6-21-17-26(30-29-21)28-27(33)20-4-7-22(8-5-20)31-11-13-32(14-12-31)23-9-10-23/h4-5,7-8,15-18,23H,3,6,9-14H2,1-2H3,(H2,28,29,30,33). The highest BCUT2D eigenvalue weighted by Crippen LogP contribution is 2.28. The lowest BCUT2D eigenvalue weighted by atomic mass is 10.1. The van der Waals surface area contributed by atoms with Gasteiger partial charge in [0, 0.05) is 55.6 Å². The Hall–Kier alpha value is -3.52. The number of aryl methyl sites for hydroxylation is 2. The van der Waals surface area contributed by atoms with Crippen LogP contribution in [0.4, 0.5) is 11.5 Å². The van der Waals surface area contributed by atoms with Gasteiger partial charge in [-0.3, -0.25) is 14.8 Å². The van der Waals surface area contributed by atoms with Gasteiger partial charge in [-0.2, -0.15) is 5.10 Å². The monoisotopic (exact) mass is 475 g/mol. The number of methoxy groups -OCH3 is 2. The van der Waals surface area contributed by atoms with E-state index in [2.05, 4.69) is 25.3 Å². The molecule has 1 saturated carbocycles. The van der Waals surface area contributed by atoms with Gasteiger partial charge >= 0.3 is 0 Å². The Balaban J connectivity index is 1.13. The van der Waals surface area contributed by atoms with Crippen molar-refractivity contribution in [1.82, 2.24) is 15.1 Å². The zero-order valence-electron chi connectivity index (χ0n) is 20.4. The number of nitrogens with one attached hydrogen (secondary N) is 2. The van der Waals surface area contributed by atoms with E-state index in [0.717, 1.165) is 67.8 Å². The highest BCUT2D eigenvalue weighted by molar-refractivity contribution is 6.03. The molecule has 8 nitrogen and oxygen atoms in total. The molecule has 3 aromatic rings. The zero-order valence-corrected chi connectivity index (χ0v) is 20.4. The Morgan fingerprint density at radius 1 is 0.971 bits per heavy atom. The molecule has 0 unspecified atom stereocenters. The number of benzene rings is 2. The maximum Gasteiger partial charge on any atom is 0.256 e. The van der Waals surface area contributed by atoms with Crippen LogP contribution in [0.25, 0.3) is 0 Å². The van der Waals surface area contributed by atoms with E-state index in [1.807, 2.05) is 48.5 Å². The lowest BCUT2D eigenvalue weighted by Gasteiger charge is -2.36. The first-order valence-electron chi connectivity index (χ1n) is 12.3. The Morgan fingerprint density at radius 2 is 1.66 bits per heavy atom. The van der Waals surface area contributed by atoms with Crippen molar-refractivity contribution < 1.29 is 14.3 Å². The minimum absolute atomic E-state index is 0.150. The molecule has 1 saturated heterocycles. The summed E-state index contributed by atoms with van der Waals surface area (Å²) in [5.41, 5.74) is 3.78. The number of hydrogen-bond acceptors (Lipinski definition) is 6. The number of hydrogen-bond donors (Lipinski definition) is 2. The molecule has 2 N–H and O–H groups in total. The number of aromatic nitrogens is 2. The molecular weight excluding hydrogens is 442 g/mol. The summed E-state index contributed by atoms with van der Waals surface area (Å²) in [5, 5.41) is 10.2. The number of H-pyrrole nitrogens is 1. The molecule has 184 valence electrons. The van der Waals surface area contributed by atoms with Crippen LogP contribution in [0.15, 0.2) is 48.5 Å². The normalized spacial score (nSPS) is 16.2. The Bertz CT molecular complexity index is 1130. The molecule has 1 amide bonds. The first-order chi connectivity index (χ1) is 17.1. The van der Waals surface area contributed by atoms with Gasteiger partial charge in [0.05, 0.1) is 19.9 Å². The van der Waals surface area contributed by atoms with Crippen LogP contribution in [0.2, 0.25) is 0 Å². The summed E-state index contributed by atoms with van der Waals surface area (Å²) in [6.07, 6.45) is 4.23. The lowest BCUT2D eigenvalue weighted by molar-refractivity contribution is 0.102. The second kappa shape index (κ2) is 10.4. The van der Waals surface area contributed by atoms with E-state index in [1.54, 1.807) is 14.2 Å². The molecule has 5 rings (SSSR count). The highest BCUT2D eigenvalue weighted by Gasteiger charge is 2.31. The van der Waals surface area contributed by atoms with Crippen LogP contribution in [0.5, 0.6) is 11.5 Å². The molecule has 2 aromatic carbocycles. The van der Waals surface area contributed by atoms with E-state index >= 15 is 0 Å². The molecule has 1 aliphatic heterocycles. The Labute approximate surface area is 206 Å². The van der Waals surface area contributed by atoms with E-state index in [-0.39, 0.29) is 5.91 Å². The van der Waals surface area contributed by atoms with Crippen LogP contribution >= 0.6 is 0 Å². The van der Waals surface area contributed by atoms with Crippen LogP contribution in [0.1, 0.15) is 34.5 Å². The first kappa shape index (κ1) is 23.2. The van der Waals surface area contributed by atoms with Crippen molar-refractivity contribution in [1.29, 1.82) is 0 Å². The molecule has 1 aliphatic carbocycles. The van der Waals surface area contributed by atoms with Gasteiger partial charge in [-0.15, -0.1) is 0 Å². The molecular formula is C27H33N5O3. The molecule has 8 heteroatoms. The number of anilines is 2. The molecule has 2 heterocycles. The van der Waals surface area contributed by atoms with Gasteiger partial charge in [-0.1, -0.05) is 0 Å². The number of ether oxygens (including phenoxy) is 2. The number of nitrogens with zero attached hydrogens (tertiary/aromatic N) is 3. The van der Waals surface area contributed by atoms with Gasteiger partial charge < -0.3 is 19.7 Å². The minimum Gasteiger partial charge on any atom is -0.497 e. The fourth-order valence-corrected chi connectivity index (χ4v) is 4.64. The maximum absolute atomic E-state index is 12.7. The fraction of sp³-hybridized carbons (Fsp3) is 0.407. The number of rotatable bonds is 9. The van der Waals surface area contributed by atoms with Gasteiger partial charge in [0.2, 0.25) is 0 Å². The number of piperazine rings is 1. The SMILES string of the molecule is COc1cc(CCc2cc(NC(=O)c3ccc(N4CCN(C5CC5)CC4)cc3)[nH]n2)cc(OC)c1. The second-order valence-electron chi connectivity index (χ2n) is 9.25. The van der Waals surface area contributed by atoms with E-state index in [4.69, 9.17) is 9.47 Å². The van der Waals surface area contributed by atoms with Crippen LogP contribution in [0.3, 0.4) is 0 Å². The van der Waals surface area contributed by atoms with Gasteiger partial charge in [0.1, 0.15) is 17.3 Å². The third-order valence-corrected chi connectivity index (χ3v) is 6.83. The summed E-state index contributed by atoms with van der Waals surface area (Å²) in [6, 6.07) is 16.4. The molecule has 1 aromatic heterocycles. The second-order valence-corrected chi connectivity index (χ2v) is 9.25. The topological polar surface area (TPSA) is 82.7 Å². The summed E-state index contributed by atoms with van der Waals surface area (Å²) in [4.78, 5) is 17.8. The fourth-order valence-electron chi connectivity index (χ4n) is 4.64. The van der Waals surface area contributed by atoms with Gasteiger partial charge in [0.15, 0.2) is 0 Å². The predicted octanol–water partition coefficient (Wildman–Crippen LogP) is 3.75. The third-order valence-electron chi connectivity index (χ3n) is 6.83. The van der Waals surface area contributed by atoms with Crippen LogP contribution in [-0.4, -0.2) is 67.4 Å². The lowest BCUT2D eigenvalue weighted by Crippen LogP contribution is -2.47. The van der Waals surface area contributed by atoms with Crippen molar-refractivity contribution in [3.8, 4) is 11.5 Å². The van der Waals surface area contributed by atoms with Crippen molar-refractivity contribution in [3.05, 3.63) is 65.4 Å². The van der Waals surface area contributed by atoms with E-state index in [0.29, 0.717) is 11.4 Å². The maximum atomic E-state index is 12.7. The van der Waals surface area contributed by atoms with Crippen molar-refractivity contribution in [2.45, 2.75) is 31.7 Å². The van der Waals surface area contributed by atoms with Crippen molar-refractivity contribution in [2.24, 2.45) is 0 Å². The summed E-state index contributed by atoms with van der Waals surface area (Å²) in [6.45, 7) is 4.34. The van der Waals surface area contributed by atoms with Gasteiger partial charge in [0.25, 0.3) is 5.91 Å². The molecule has 2 aliphatic rings. The van der Waals surface area contributed by atoms with E-state index < -0.39 is 0 Å². The Kier molecular flexibility index (Phi) is 6.90. The van der Waals surface area contributed by atoms with E-state index in [1.165, 1.54) is 18.5 Å². The largest absolute Gasteiger partial charge is 0.497 e. The first-order valence-corrected chi connectivity index (χ1v) is 12.3. The average molecular weight is 476 g/mol. The van der Waals surface area contributed by atoms with Gasteiger partial charge in [-0.05, 0) is 67.6 Å². The van der Waals surface area contributed by atoms with Crippen molar-refractivity contribution in [2.75, 3.05) is 50.6 Å². The summed E-state index contributed by atoms with van der Waals surface area (Å²) in [7, 11) is 3.29. The van der Waals surface area contributed by atoms with Crippen LogP contribution in [-0.2, 0) is 12.8 Å². The summed E-state index contributed by atoms with van der Waals surface area (Å²) in [5.74, 6) is 1.97. The number of carbonyl (C=O) groups excluding carboxylic acids is 1. The molecule has 0 atom stereocenters. The summed E-state index contributed by atoms with van der Waals surface area (Å²) < 4.78 is 10.7. The van der Waals surface area contributed by atoms with Crippen LogP contribution < -0.4 is 19.7 Å². The Morgan fingerprint density at radius 3 is 2.29 bits per heavy atom.